The van der Waals surface area contributed by atoms with Crippen molar-refractivity contribution in [3.8, 4) is 23.0 Å². The second-order valence-corrected chi connectivity index (χ2v) is 8.09. The number of phenolic OH excluding ortho intramolecular Hbond substituents is 2. The molecule has 0 aliphatic carbocycles. The fourth-order valence-electron chi connectivity index (χ4n) is 2.68. The molecule has 3 aromatic rings. The molecule has 2 aromatic carbocycles. The Hall–Kier alpha value is -2.74. The third-order valence-corrected chi connectivity index (χ3v) is 5.53. The summed E-state index contributed by atoms with van der Waals surface area (Å²) in [5, 5.41) is 19.8. The molecule has 3 rings (SSSR count). The first-order valence-electron chi connectivity index (χ1n) is 6.92. The number of rotatable bonds is 4. The molecule has 11 nitrogen and oxygen atoms in total. The largest absolute Gasteiger partial charge is 0.504 e. The minimum absolute atomic E-state index is 0.409. The summed E-state index contributed by atoms with van der Waals surface area (Å²) in [6.45, 7) is 0. The summed E-state index contributed by atoms with van der Waals surface area (Å²) in [4.78, 5) is -1.72. The molecule has 0 unspecified atom stereocenters. The lowest BCUT2D eigenvalue weighted by atomic mass is 10.1. The van der Waals surface area contributed by atoms with Gasteiger partial charge in [-0.25, -0.2) is 0 Å². The zero-order chi connectivity index (χ0) is 20.3. The topological polar surface area (TPSA) is 181 Å². The fourth-order valence-corrected chi connectivity index (χ4v) is 3.94. The maximum atomic E-state index is 11.7. The highest BCUT2D eigenvalue weighted by Crippen LogP contribution is 2.50. The summed E-state index contributed by atoms with van der Waals surface area (Å²) in [6.07, 6.45) is 0. The number of hydrogen-bond acceptors (Lipinski definition) is 9. The van der Waals surface area contributed by atoms with Gasteiger partial charge in [-0.1, -0.05) is 0 Å². The van der Waals surface area contributed by atoms with Crippen LogP contribution in [0, 0.1) is 0 Å². The van der Waals surface area contributed by atoms with Crippen LogP contribution in [0.5, 0.6) is 23.0 Å². The number of methoxy groups -OCH3 is 2. The molecule has 4 N–H and O–H groups in total. The molecule has 146 valence electrons. The van der Waals surface area contributed by atoms with Crippen molar-refractivity contribution in [3.05, 3.63) is 12.1 Å². The molecule has 27 heavy (non-hydrogen) atoms. The Labute approximate surface area is 151 Å². The van der Waals surface area contributed by atoms with Gasteiger partial charge in [-0.05, 0) is 0 Å². The zero-order valence-electron chi connectivity index (χ0n) is 13.6. The van der Waals surface area contributed by atoms with Crippen LogP contribution in [0.25, 0.3) is 21.9 Å². The van der Waals surface area contributed by atoms with Crippen LogP contribution >= 0.6 is 0 Å². The van der Waals surface area contributed by atoms with E-state index in [-0.39, 0.29) is 0 Å². The van der Waals surface area contributed by atoms with Crippen molar-refractivity contribution in [2.45, 2.75) is 9.79 Å². The van der Waals surface area contributed by atoms with Crippen LogP contribution in [0.15, 0.2) is 26.3 Å². The third-order valence-electron chi connectivity index (χ3n) is 3.82. The third kappa shape index (κ3) is 2.80. The van der Waals surface area contributed by atoms with Crippen LogP contribution in [0.4, 0.5) is 0 Å². The van der Waals surface area contributed by atoms with E-state index in [1.54, 1.807) is 0 Å². The first-order chi connectivity index (χ1) is 12.4. The molecule has 0 radical (unpaired) electrons. The molecule has 0 aliphatic heterocycles. The molecule has 0 amide bonds. The minimum atomic E-state index is -4.91. The van der Waals surface area contributed by atoms with E-state index >= 15 is 0 Å². The molecule has 0 fully saturated rings. The summed E-state index contributed by atoms with van der Waals surface area (Å²) in [5.41, 5.74) is -1.33. The lowest BCUT2D eigenvalue weighted by molar-refractivity contribution is 0.373. The summed E-state index contributed by atoms with van der Waals surface area (Å²) in [5.74, 6) is -2.23. The van der Waals surface area contributed by atoms with E-state index < -0.39 is 75.0 Å². The molecule has 0 atom stereocenters. The van der Waals surface area contributed by atoms with Crippen LogP contribution < -0.4 is 9.47 Å². The molecule has 0 aliphatic rings. The van der Waals surface area contributed by atoms with Gasteiger partial charge in [0.25, 0.3) is 20.2 Å². The lowest BCUT2D eigenvalue weighted by Crippen LogP contribution is -1.99. The van der Waals surface area contributed by atoms with E-state index in [0.29, 0.717) is 0 Å². The Bertz CT molecular complexity index is 1200. The van der Waals surface area contributed by atoms with E-state index in [2.05, 4.69) is 0 Å². The summed E-state index contributed by atoms with van der Waals surface area (Å²) >= 11 is 0. The standard InChI is InChI=1S/C14H12O11S2/c1-23-5-3-7(26(17,18)19)13-9(11(5)15)10-12(16)6(24-2)4-8(14(10)25-13)27(20,21)22/h3-4,15-16H,1-2H3,(H,17,18,19)(H,20,21,22). The van der Waals surface area contributed by atoms with Crippen molar-refractivity contribution in [2.75, 3.05) is 14.2 Å². The van der Waals surface area contributed by atoms with Gasteiger partial charge in [-0.3, -0.25) is 9.11 Å². The van der Waals surface area contributed by atoms with Crippen molar-refractivity contribution in [2.24, 2.45) is 0 Å². The number of furan rings is 1. The van der Waals surface area contributed by atoms with Gasteiger partial charge in [0.2, 0.25) is 0 Å². The number of aromatic hydroxyl groups is 2. The molecule has 1 aromatic heterocycles. The Kier molecular flexibility index (Phi) is 4.15. The average Bonchev–Trinajstić information content (AvgIpc) is 2.94. The van der Waals surface area contributed by atoms with E-state index in [9.17, 15) is 36.2 Å². The first-order valence-corrected chi connectivity index (χ1v) is 9.81. The predicted octanol–water partition coefficient (Wildman–Crippen LogP) is 1.51. The van der Waals surface area contributed by atoms with Crippen LogP contribution in [0.3, 0.4) is 0 Å². The minimum Gasteiger partial charge on any atom is -0.504 e. The Morgan fingerprint density at radius 2 is 1.11 bits per heavy atom. The Morgan fingerprint density at radius 1 is 0.778 bits per heavy atom. The smallest absolute Gasteiger partial charge is 0.298 e. The van der Waals surface area contributed by atoms with Crippen molar-refractivity contribution in [3.63, 3.8) is 0 Å². The van der Waals surface area contributed by atoms with E-state index in [1.807, 2.05) is 0 Å². The van der Waals surface area contributed by atoms with Crippen LogP contribution in [-0.2, 0) is 20.2 Å². The van der Waals surface area contributed by atoms with Gasteiger partial charge in [0.1, 0.15) is 9.79 Å². The van der Waals surface area contributed by atoms with Crippen molar-refractivity contribution in [1.82, 2.24) is 0 Å². The second kappa shape index (κ2) is 5.88. The van der Waals surface area contributed by atoms with Gasteiger partial charge in [-0.15, -0.1) is 0 Å². The molecule has 0 spiro atoms. The normalized spacial score (nSPS) is 12.6. The zero-order valence-corrected chi connectivity index (χ0v) is 15.3. The van der Waals surface area contributed by atoms with Gasteiger partial charge in [0.15, 0.2) is 34.2 Å². The summed E-state index contributed by atoms with van der Waals surface area (Å²) < 4.78 is 80.6. The van der Waals surface area contributed by atoms with Gasteiger partial charge < -0.3 is 24.1 Å². The summed E-state index contributed by atoms with van der Waals surface area (Å²) in [7, 11) is -7.63. The highest BCUT2D eigenvalue weighted by atomic mass is 32.2. The number of benzene rings is 2. The maximum Gasteiger partial charge on any atom is 0.298 e. The predicted molar refractivity (Wildman–Crippen MR) is 89.8 cm³/mol. The monoisotopic (exact) mass is 420 g/mol. The number of phenols is 2. The highest BCUT2D eigenvalue weighted by Gasteiger charge is 2.31. The number of ether oxygens (including phenoxy) is 2. The molecule has 13 heteroatoms. The van der Waals surface area contributed by atoms with E-state index in [0.717, 1.165) is 26.4 Å². The van der Waals surface area contributed by atoms with Gasteiger partial charge >= 0.3 is 0 Å². The van der Waals surface area contributed by atoms with Crippen LogP contribution in [-0.4, -0.2) is 50.4 Å². The Morgan fingerprint density at radius 3 is 1.37 bits per heavy atom. The van der Waals surface area contributed by atoms with Crippen LogP contribution in [0.2, 0.25) is 0 Å². The quantitative estimate of drug-likeness (QED) is 0.449. The summed E-state index contributed by atoms with van der Waals surface area (Å²) in [6, 6.07) is 1.49. The van der Waals surface area contributed by atoms with E-state index in [4.69, 9.17) is 13.9 Å². The molecule has 0 bridgehead atoms. The Balaban J connectivity index is 2.75. The average molecular weight is 420 g/mol. The highest BCUT2D eigenvalue weighted by molar-refractivity contribution is 7.86. The fraction of sp³-hybridized carbons (Fsp3) is 0.143. The van der Waals surface area contributed by atoms with Gasteiger partial charge in [-0.2, -0.15) is 16.8 Å². The van der Waals surface area contributed by atoms with Crippen molar-refractivity contribution in [1.29, 1.82) is 0 Å². The molecule has 0 saturated heterocycles. The molecular formula is C14H12O11S2. The van der Waals surface area contributed by atoms with Crippen molar-refractivity contribution < 1.29 is 50.0 Å². The van der Waals surface area contributed by atoms with Gasteiger partial charge in [0, 0.05) is 12.1 Å². The first kappa shape index (κ1) is 19.0. The number of hydrogen-bond donors (Lipinski definition) is 4. The van der Waals surface area contributed by atoms with Gasteiger partial charge in [0.05, 0.1) is 25.0 Å². The SMILES string of the molecule is COc1cc(S(=O)(=O)O)c2oc3c(S(=O)(=O)O)cc(OC)c(O)c3c2c1O. The molecule has 1 heterocycles. The molecule has 0 saturated carbocycles. The maximum absolute atomic E-state index is 11.7. The number of fused-ring (bicyclic) bond motifs is 3. The van der Waals surface area contributed by atoms with E-state index in [1.165, 1.54) is 0 Å². The second-order valence-electron chi connectivity index (χ2n) is 5.31. The molecular weight excluding hydrogens is 408 g/mol. The lowest BCUT2D eigenvalue weighted by Gasteiger charge is -2.08. The van der Waals surface area contributed by atoms with Crippen molar-refractivity contribution >= 4 is 42.2 Å². The van der Waals surface area contributed by atoms with Crippen LogP contribution in [0.1, 0.15) is 0 Å².